The minimum atomic E-state index is 0.473. The number of nitrogens with zero attached hydrogens (tertiary/aromatic N) is 2. The third-order valence-electron chi connectivity index (χ3n) is 3.33. The highest BCUT2D eigenvalue weighted by Gasteiger charge is 2.41. The van der Waals surface area contributed by atoms with E-state index in [1.165, 1.54) is 12.8 Å². The van der Waals surface area contributed by atoms with Gasteiger partial charge in [0.1, 0.15) is 11.4 Å². The first-order valence-electron chi connectivity index (χ1n) is 5.73. The number of aromatic nitrogens is 2. The average Bonchev–Trinajstić information content (AvgIpc) is 2.94. The molecule has 0 saturated heterocycles. The summed E-state index contributed by atoms with van der Waals surface area (Å²) in [6.45, 7) is 4.53. The predicted octanol–water partition coefficient (Wildman–Crippen LogP) is 1.28. The predicted molar refractivity (Wildman–Crippen MR) is 58.9 cm³/mol. The number of nitrogens with one attached hydrogen (secondary N) is 1. The molecule has 1 saturated carbocycles. The van der Waals surface area contributed by atoms with Crippen LogP contribution in [0.15, 0.2) is 4.63 Å². The molecule has 5 heteroatoms. The summed E-state index contributed by atoms with van der Waals surface area (Å²) in [4.78, 5) is 0. The van der Waals surface area contributed by atoms with Crippen molar-refractivity contribution in [3.8, 4) is 0 Å². The van der Waals surface area contributed by atoms with Crippen molar-refractivity contribution in [2.24, 2.45) is 5.41 Å². The van der Waals surface area contributed by atoms with Crippen LogP contribution in [0.25, 0.3) is 0 Å². The van der Waals surface area contributed by atoms with E-state index in [2.05, 4.69) is 20.3 Å². The summed E-state index contributed by atoms with van der Waals surface area (Å²) in [5.41, 5.74) is 2.25. The zero-order valence-corrected chi connectivity index (χ0v) is 9.95. The van der Waals surface area contributed by atoms with Crippen LogP contribution in [0.1, 0.15) is 30.7 Å². The molecule has 5 nitrogen and oxygen atoms in total. The largest absolute Gasteiger partial charge is 0.385 e. The topological polar surface area (TPSA) is 60.2 Å². The van der Waals surface area contributed by atoms with Crippen molar-refractivity contribution in [2.45, 2.75) is 32.7 Å². The molecule has 1 fully saturated rings. The second-order valence-electron chi connectivity index (χ2n) is 4.64. The number of aryl methyl sites for hydroxylation is 1. The zero-order valence-electron chi connectivity index (χ0n) is 9.95. The molecule has 1 aromatic rings. The molecule has 2 rings (SSSR count). The minimum Gasteiger partial charge on any atom is -0.385 e. The molecule has 0 atom stereocenters. The second kappa shape index (κ2) is 4.93. The summed E-state index contributed by atoms with van der Waals surface area (Å²) in [7, 11) is 1.76. The van der Waals surface area contributed by atoms with Crippen molar-refractivity contribution in [1.82, 2.24) is 15.6 Å². The molecule has 0 unspecified atom stereocenters. The highest BCUT2D eigenvalue weighted by atomic mass is 16.6. The van der Waals surface area contributed by atoms with Gasteiger partial charge in [0.05, 0.1) is 0 Å². The first kappa shape index (κ1) is 11.5. The summed E-state index contributed by atoms with van der Waals surface area (Å²) in [6.07, 6.45) is 3.76. The van der Waals surface area contributed by atoms with Crippen molar-refractivity contribution in [3.05, 3.63) is 11.4 Å². The Kier molecular flexibility index (Phi) is 3.56. The highest BCUT2D eigenvalue weighted by Crippen LogP contribution is 2.48. The van der Waals surface area contributed by atoms with Crippen molar-refractivity contribution in [2.75, 3.05) is 20.3 Å². The molecule has 0 aliphatic heterocycles. The van der Waals surface area contributed by atoms with E-state index in [1.54, 1.807) is 7.11 Å². The van der Waals surface area contributed by atoms with Crippen molar-refractivity contribution < 1.29 is 9.37 Å². The Hall–Kier alpha value is -0.940. The van der Waals surface area contributed by atoms with Gasteiger partial charge in [-0.05, 0) is 31.6 Å². The Labute approximate surface area is 95.5 Å². The van der Waals surface area contributed by atoms with Crippen LogP contribution in [-0.2, 0) is 11.3 Å². The van der Waals surface area contributed by atoms with E-state index in [9.17, 15) is 0 Å². The molecule has 1 N–H and O–H groups in total. The first-order valence-corrected chi connectivity index (χ1v) is 5.73. The molecule has 1 aromatic heterocycles. The number of rotatable bonds is 7. The Morgan fingerprint density at radius 3 is 2.81 bits per heavy atom. The number of methoxy groups -OCH3 is 1. The molecule has 0 amide bonds. The fourth-order valence-corrected chi connectivity index (χ4v) is 1.87. The van der Waals surface area contributed by atoms with Gasteiger partial charge in [-0.3, -0.25) is 0 Å². The van der Waals surface area contributed by atoms with E-state index in [0.29, 0.717) is 5.41 Å². The summed E-state index contributed by atoms with van der Waals surface area (Å²) >= 11 is 0. The van der Waals surface area contributed by atoms with Gasteiger partial charge in [-0.2, -0.15) is 0 Å². The van der Waals surface area contributed by atoms with E-state index < -0.39 is 0 Å². The van der Waals surface area contributed by atoms with Crippen LogP contribution in [0.4, 0.5) is 0 Å². The Morgan fingerprint density at radius 1 is 1.44 bits per heavy atom. The van der Waals surface area contributed by atoms with E-state index in [-0.39, 0.29) is 0 Å². The molecule has 1 aliphatic rings. The van der Waals surface area contributed by atoms with Gasteiger partial charge in [0.15, 0.2) is 0 Å². The SMILES string of the molecule is COCCC1(CNCc2nonc2C)CC1. The molecular formula is C11H19N3O2. The Morgan fingerprint density at radius 2 is 2.25 bits per heavy atom. The maximum Gasteiger partial charge on any atom is 0.121 e. The minimum absolute atomic E-state index is 0.473. The van der Waals surface area contributed by atoms with Crippen LogP contribution < -0.4 is 5.32 Å². The Bertz CT molecular complexity index is 334. The molecule has 1 heterocycles. The molecule has 0 bridgehead atoms. The van der Waals surface area contributed by atoms with Crippen LogP contribution in [-0.4, -0.2) is 30.6 Å². The number of hydrogen-bond acceptors (Lipinski definition) is 5. The maximum atomic E-state index is 5.12. The van der Waals surface area contributed by atoms with Gasteiger partial charge in [0.25, 0.3) is 0 Å². The van der Waals surface area contributed by atoms with Gasteiger partial charge in [-0.15, -0.1) is 0 Å². The van der Waals surface area contributed by atoms with Gasteiger partial charge in [-0.25, -0.2) is 4.63 Å². The van der Waals surface area contributed by atoms with E-state index in [4.69, 9.17) is 4.74 Å². The molecule has 0 radical (unpaired) electrons. The summed E-state index contributed by atoms with van der Waals surface area (Å²) in [6, 6.07) is 0. The van der Waals surface area contributed by atoms with Crippen LogP contribution in [0.2, 0.25) is 0 Å². The third kappa shape index (κ3) is 2.80. The van der Waals surface area contributed by atoms with Crippen LogP contribution >= 0.6 is 0 Å². The first-order chi connectivity index (χ1) is 7.76. The second-order valence-corrected chi connectivity index (χ2v) is 4.64. The summed E-state index contributed by atoms with van der Waals surface area (Å²) in [5, 5.41) is 11.0. The molecular weight excluding hydrogens is 206 g/mol. The summed E-state index contributed by atoms with van der Waals surface area (Å²) in [5.74, 6) is 0. The maximum absolute atomic E-state index is 5.12. The summed E-state index contributed by atoms with van der Waals surface area (Å²) < 4.78 is 9.77. The zero-order chi connectivity index (χ0) is 11.4. The fraction of sp³-hybridized carbons (Fsp3) is 0.818. The van der Waals surface area contributed by atoms with Gasteiger partial charge >= 0.3 is 0 Å². The average molecular weight is 225 g/mol. The quantitative estimate of drug-likeness (QED) is 0.757. The fourth-order valence-electron chi connectivity index (χ4n) is 1.87. The van der Waals surface area contributed by atoms with E-state index >= 15 is 0 Å². The van der Waals surface area contributed by atoms with Crippen LogP contribution in [0.5, 0.6) is 0 Å². The normalized spacial score (nSPS) is 17.6. The standard InChI is InChI=1S/C11H19N3O2/c1-9-10(14-16-13-9)7-12-8-11(3-4-11)5-6-15-2/h12H,3-8H2,1-2H3. The van der Waals surface area contributed by atoms with E-state index in [1.807, 2.05) is 6.92 Å². The number of hydrogen-bond donors (Lipinski definition) is 1. The smallest absolute Gasteiger partial charge is 0.121 e. The molecule has 1 aliphatic carbocycles. The lowest BCUT2D eigenvalue weighted by Crippen LogP contribution is -2.25. The van der Waals surface area contributed by atoms with Crippen molar-refractivity contribution in [1.29, 1.82) is 0 Å². The lowest BCUT2D eigenvalue weighted by atomic mass is 10.0. The van der Waals surface area contributed by atoms with E-state index in [0.717, 1.165) is 37.5 Å². The lowest BCUT2D eigenvalue weighted by molar-refractivity contribution is 0.171. The van der Waals surface area contributed by atoms with Crippen LogP contribution in [0, 0.1) is 12.3 Å². The Balaban J connectivity index is 1.70. The molecule has 0 spiro atoms. The van der Waals surface area contributed by atoms with Gasteiger partial charge < -0.3 is 10.1 Å². The van der Waals surface area contributed by atoms with Gasteiger partial charge in [0, 0.05) is 26.8 Å². The number of ether oxygens (including phenoxy) is 1. The van der Waals surface area contributed by atoms with Gasteiger partial charge in [0.2, 0.25) is 0 Å². The molecule has 0 aromatic carbocycles. The molecule has 90 valence electrons. The molecule has 16 heavy (non-hydrogen) atoms. The van der Waals surface area contributed by atoms with Crippen molar-refractivity contribution in [3.63, 3.8) is 0 Å². The van der Waals surface area contributed by atoms with Gasteiger partial charge in [-0.1, -0.05) is 10.3 Å². The highest BCUT2D eigenvalue weighted by molar-refractivity contribution is 5.04. The van der Waals surface area contributed by atoms with Crippen LogP contribution in [0.3, 0.4) is 0 Å². The third-order valence-corrected chi connectivity index (χ3v) is 3.33. The monoisotopic (exact) mass is 225 g/mol. The lowest BCUT2D eigenvalue weighted by Gasteiger charge is -2.14. The van der Waals surface area contributed by atoms with Crippen molar-refractivity contribution >= 4 is 0 Å².